The molecule has 2 heterocycles. The monoisotopic (exact) mass is 353 g/mol. The SMILES string of the molecule is CN1CCNCC1c1noc(COc2ccc(C(N)=O)cc2)n1.Cl. The molecular weight excluding hydrogens is 334 g/mol. The summed E-state index contributed by atoms with van der Waals surface area (Å²) < 4.78 is 10.8. The zero-order chi connectivity index (χ0) is 16.2. The molecule has 1 amide bonds. The van der Waals surface area contributed by atoms with E-state index in [9.17, 15) is 4.79 Å². The summed E-state index contributed by atoms with van der Waals surface area (Å²) >= 11 is 0. The summed E-state index contributed by atoms with van der Waals surface area (Å²) in [7, 11) is 2.04. The van der Waals surface area contributed by atoms with Crippen LogP contribution in [0.5, 0.6) is 5.75 Å². The molecule has 3 N–H and O–H groups in total. The van der Waals surface area contributed by atoms with Gasteiger partial charge in [0.15, 0.2) is 12.4 Å². The van der Waals surface area contributed by atoms with Crippen molar-refractivity contribution in [2.45, 2.75) is 12.6 Å². The van der Waals surface area contributed by atoms with Crippen LogP contribution in [0, 0.1) is 0 Å². The average Bonchev–Trinajstić information content (AvgIpc) is 3.02. The topological polar surface area (TPSA) is 107 Å². The van der Waals surface area contributed by atoms with Crippen LogP contribution in [-0.2, 0) is 6.61 Å². The van der Waals surface area contributed by atoms with E-state index >= 15 is 0 Å². The van der Waals surface area contributed by atoms with Crippen molar-refractivity contribution in [2.24, 2.45) is 5.73 Å². The summed E-state index contributed by atoms with van der Waals surface area (Å²) in [6.45, 7) is 2.87. The lowest BCUT2D eigenvalue weighted by Crippen LogP contribution is -2.44. The Kier molecular flexibility index (Phi) is 6.13. The maximum Gasteiger partial charge on any atom is 0.264 e. The molecular formula is C15H20ClN5O3. The smallest absolute Gasteiger partial charge is 0.264 e. The minimum absolute atomic E-state index is 0. The molecule has 0 radical (unpaired) electrons. The van der Waals surface area contributed by atoms with Crippen molar-refractivity contribution in [2.75, 3.05) is 26.7 Å². The van der Waals surface area contributed by atoms with Crippen LogP contribution in [0.4, 0.5) is 0 Å². The van der Waals surface area contributed by atoms with E-state index < -0.39 is 5.91 Å². The number of benzene rings is 1. The number of nitrogens with two attached hydrogens (primary N) is 1. The molecule has 1 aromatic carbocycles. The predicted molar refractivity (Wildman–Crippen MR) is 89.1 cm³/mol. The molecule has 0 saturated carbocycles. The highest BCUT2D eigenvalue weighted by molar-refractivity contribution is 5.92. The number of halogens is 1. The number of piperazine rings is 1. The Morgan fingerprint density at radius 1 is 1.46 bits per heavy atom. The zero-order valence-corrected chi connectivity index (χ0v) is 14.1. The van der Waals surface area contributed by atoms with Crippen LogP contribution in [0.3, 0.4) is 0 Å². The first-order valence-corrected chi connectivity index (χ1v) is 7.39. The fourth-order valence-corrected chi connectivity index (χ4v) is 2.42. The summed E-state index contributed by atoms with van der Waals surface area (Å²) in [5.41, 5.74) is 5.63. The van der Waals surface area contributed by atoms with Crippen LogP contribution in [0.1, 0.15) is 28.1 Å². The van der Waals surface area contributed by atoms with Gasteiger partial charge in [0.25, 0.3) is 5.89 Å². The average molecular weight is 354 g/mol. The number of ether oxygens (including phenoxy) is 1. The maximum atomic E-state index is 11.0. The fraction of sp³-hybridized carbons (Fsp3) is 0.400. The largest absolute Gasteiger partial charge is 0.484 e. The lowest BCUT2D eigenvalue weighted by atomic mass is 10.2. The normalized spacial score (nSPS) is 18.0. The van der Waals surface area contributed by atoms with Gasteiger partial charge in [0.2, 0.25) is 5.91 Å². The minimum Gasteiger partial charge on any atom is -0.484 e. The van der Waals surface area contributed by atoms with Gasteiger partial charge in [0.05, 0.1) is 6.04 Å². The third-order valence-electron chi connectivity index (χ3n) is 3.79. The van der Waals surface area contributed by atoms with Crippen molar-refractivity contribution >= 4 is 18.3 Å². The summed E-state index contributed by atoms with van der Waals surface area (Å²) in [5.74, 6) is 1.20. The Balaban J connectivity index is 0.00000208. The quantitative estimate of drug-likeness (QED) is 0.816. The van der Waals surface area contributed by atoms with Gasteiger partial charge < -0.3 is 20.3 Å². The van der Waals surface area contributed by atoms with Gasteiger partial charge in [-0.05, 0) is 31.3 Å². The van der Waals surface area contributed by atoms with Gasteiger partial charge in [0, 0.05) is 25.2 Å². The van der Waals surface area contributed by atoms with Crippen LogP contribution in [0.2, 0.25) is 0 Å². The number of rotatable bonds is 5. The molecule has 1 unspecified atom stereocenters. The number of carbonyl (C=O) groups excluding carboxylic acids is 1. The number of hydrogen-bond donors (Lipinski definition) is 2. The maximum absolute atomic E-state index is 11.0. The second kappa shape index (κ2) is 8.09. The highest BCUT2D eigenvalue weighted by Crippen LogP contribution is 2.18. The van der Waals surface area contributed by atoms with Crippen molar-refractivity contribution in [1.29, 1.82) is 0 Å². The van der Waals surface area contributed by atoms with E-state index in [0.29, 0.717) is 23.0 Å². The Morgan fingerprint density at radius 2 is 2.21 bits per heavy atom. The number of likely N-dealkylation sites (N-methyl/N-ethyl adjacent to an activating group) is 1. The third kappa shape index (κ3) is 4.22. The molecule has 130 valence electrons. The van der Waals surface area contributed by atoms with Crippen LogP contribution < -0.4 is 15.8 Å². The van der Waals surface area contributed by atoms with Crippen molar-refractivity contribution < 1.29 is 14.1 Å². The number of aromatic nitrogens is 2. The van der Waals surface area contributed by atoms with Gasteiger partial charge >= 0.3 is 0 Å². The molecule has 1 aromatic heterocycles. The van der Waals surface area contributed by atoms with E-state index in [-0.39, 0.29) is 25.1 Å². The molecule has 2 aromatic rings. The predicted octanol–water partition coefficient (Wildman–Crippen LogP) is 0.745. The van der Waals surface area contributed by atoms with E-state index in [1.54, 1.807) is 24.3 Å². The van der Waals surface area contributed by atoms with Crippen molar-refractivity contribution in [3.8, 4) is 5.75 Å². The molecule has 24 heavy (non-hydrogen) atoms. The van der Waals surface area contributed by atoms with Gasteiger partial charge in [-0.15, -0.1) is 12.4 Å². The molecule has 1 saturated heterocycles. The van der Waals surface area contributed by atoms with Crippen LogP contribution in [0.25, 0.3) is 0 Å². The Hall–Kier alpha value is -2.16. The molecule has 3 rings (SSSR count). The van der Waals surface area contributed by atoms with Crippen LogP contribution in [-0.4, -0.2) is 47.6 Å². The van der Waals surface area contributed by atoms with Gasteiger partial charge in [-0.3, -0.25) is 9.69 Å². The highest BCUT2D eigenvalue weighted by atomic mass is 35.5. The summed E-state index contributed by atoms with van der Waals surface area (Å²) in [5, 5.41) is 7.34. The Labute approximate surface area is 145 Å². The number of primary amides is 1. The molecule has 1 atom stereocenters. The molecule has 1 fully saturated rings. The third-order valence-corrected chi connectivity index (χ3v) is 3.79. The van der Waals surface area contributed by atoms with Crippen molar-refractivity contribution in [3.63, 3.8) is 0 Å². The number of amides is 1. The van der Waals surface area contributed by atoms with E-state index in [1.807, 2.05) is 7.05 Å². The van der Waals surface area contributed by atoms with Crippen molar-refractivity contribution in [1.82, 2.24) is 20.4 Å². The van der Waals surface area contributed by atoms with Crippen LogP contribution >= 0.6 is 12.4 Å². The van der Waals surface area contributed by atoms with Gasteiger partial charge in [-0.25, -0.2) is 0 Å². The molecule has 1 aliphatic heterocycles. The minimum atomic E-state index is -0.469. The van der Waals surface area contributed by atoms with Crippen molar-refractivity contribution in [3.05, 3.63) is 41.5 Å². The number of carbonyl (C=O) groups is 1. The molecule has 8 nitrogen and oxygen atoms in total. The van der Waals surface area contributed by atoms with Gasteiger partial charge in [-0.2, -0.15) is 4.98 Å². The zero-order valence-electron chi connectivity index (χ0n) is 13.3. The lowest BCUT2D eigenvalue weighted by molar-refractivity contribution is 0.1000. The first kappa shape index (κ1) is 18.2. The van der Waals surface area contributed by atoms with E-state index in [2.05, 4.69) is 20.4 Å². The van der Waals surface area contributed by atoms with E-state index in [0.717, 1.165) is 19.6 Å². The molecule has 0 spiro atoms. The summed E-state index contributed by atoms with van der Waals surface area (Å²) in [6.07, 6.45) is 0. The Morgan fingerprint density at radius 3 is 2.88 bits per heavy atom. The van der Waals surface area contributed by atoms with Crippen LogP contribution in [0.15, 0.2) is 28.8 Å². The van der Waals surface area contributed by atoms with E-state index in [1.165, 1.54) is 0 Å². The molecule has 0 bridgehead atoms. The first-order chi connectivity index (χ1) is 11.1. The molecule has 1 aliphatic rings. The number of nitrogens with zero attached hydrogens (tertiary/aromatic N) is 3. The standard InChI is InChI=1S/C15H19N5O3.ClH/c1-20-7-6-17-8-12(20)15-18-13(23-19-15)9-22-11-4-2-10(3-5-11)14(16)21;/h2-5,12,17H,6-9H2,1H3,(H2,16,21);1H. The second-order valence-corrected chi connectivity index (χ2v) is 5.42. The second-order valence-electron chi connectivity index (χ2n) is 5.42. The van der Waals surface area contributed by atoms with E-state index in [4.69, 9.17) is 15.0 Å². The number of nitrogens with one attached hydrogen (secondary N) is 1. The van der Waals surface area contributed by atoms with Gasteiger partial charge in [0.1, 0.15) is 5.75 Å². The summed E-state index contributed by atoms with van der Waals surface area (Å²) in [6, 6.07) is 6.68. The molecule has 9 heteroatoms. The lowest BCUT2D eigenvalue weighted by Gasteiger charge is -2.30. The number of hydrogen-bond acceptors (Lipinski definition) is 7. The van der Waals surface area contributed by atoms with Gasteiger partial charge in [-0.1, -0.05) is 5.16 Å². The first-order valence-electron chi connectivity index (χ1n) is 7.39. The molecule has 0 aliphatic carbocycles. The highest BCUT2D eigenvalue weighted by Gasteiger charge is 2.25. The summed E-state index contributed by atoms with van der Waals surface area (Å²) in [4.78, 5) is 17.6. The fourth-order valence-electron chi connectivity index (χ4n) is 2.42. The Bertz CT molecular complexity index is 676.